The monoisotopic (exact) mass is 406 g/mol. The fraction of sp³-hybridized carbons (Fsp3) is 0.455. The minimum Gasteiger partial charge on any atom is -0.372 e. The molecule has 2 aromatic heterocycles. The number of H-pyrrole nitrogens is 1. The van der Waals surface area contributed by atoms with Gasteiger partial charge in [-0.2, -0.15) is 0 Å². The fourth-order valence-corrected chi connectivity index (χ4v) is 4.48. The second kappa shape index (κ2) is 7.77. The van der Waals surface area contributed by atoms with Crippen molar-refractivity contribution in [3.63, 3.8) is 0 Å². The van der Waals surface area contributed by atoms with Crippen LogP contribution in [0.15, 0.2) is 35.4 Å². The predicted molar refractivity (Wildman–Crippen MR) is 114 cm³/mol. The molecule has 2 aliphatic rings. The van der Waals surface area contributed by atoms with Crippen LogP contribution in [0.5, 0.6) is 0 Å². The SMILES string of the molecule is C[C@@H]1CN(c2nc3c(c(=O)[nH]2)CCN(Cc2ccc4nccnc4c2)C3)C[C@H](C)O1. The number of aromatic amines is 1. The molecule has 156 valence electrons. The van der Waals surface area contributed by atoms with E-state index in [0.29, 0.717) is 18.9 Å². The van der Waals surface area contributed by atoms with Crippen LogP contribution < -0.4 is 10.5 Å². The first-order valence-corrected chi connectivity index (χ1v) is 10.5. The average Bonchev–Trinajstić information content (AvgIpc) is 2.73. The van der Waals surface area contributed by atoms with E-state index in [0.717, 1.165) is 48.5 Å². The van der Waals surface area contributed by atoms with Gasteiger partial charge in [-0.1, -0.05) is 6.07 Å². The summed E-state index contributed by atoms with van der Waals surface area (Å²) in [5, 5.41) is 0. The van der Waals surface area contributed by atoms with Crippen LogP contribution in [0, 0.1) is 0 Å². The molecule has 5 rings (SSSR count). The Morgan fingerprint density at radius 1 is 1.13 bits per heavy atom. The molecule has 0 unspecified atom stereocenters. The van der Waals surface area contributed by atoms with E-state index < -0.39 is 0 Å². The molecular formula is C22H26N6O2. The zero-order chi connectivity index (χ0) is 20.7. The summed E-state index contributed by atoms with van der Waals surface area (Å²) < 4.78 is 5.82. The van der Waals surface area contributed by atoms with Crippen molar-refractivity contribution >= 4 is 17.0 Å². The molecular weight excluding hydrogens is 380 g/mol. The zero-order valence-corrected chi connectivity index (χ0v) is 17.3. The third kappa shape index (κ3) is 3.80. The van der Waals surface area contributed by atoms with Gasteiger partial charge in [0.1, 0.15) is 0 Å². The molecule has 0 spiro atoms. The van der Waals surface area contributed by atoms with Gasteiger partial charge in [0, 0.05) is 50.7 Å². The molecule has 4 heterocycles. The highest BCUT2D eigenvalue weighted by atomic mass is 16.5. The van der Waals surface area contributed by atoms with Crippen LogP contribution in [0.2, 0.25) is 0 Å². The van der Waals surface area contributed by atoms with Crippen LogP contribution in [0.4, 0.5) is 5.95 Å². The van der Waals surface area contributed by atoms with Crippen LogP contribution in [0.25, 0.3) is 11.0 Å². The van der Waals surface area contributed by atoms with Gasteiger partial charge >= 0.3 is 0 Å². The van der Waals surface area contributed by atoms with Crippen molar-refractivity contribution in [1.82, 2.24) is 24.8 Å². The van der Waals surface area contributed by atoms with Crippen LogP contribution >= 0.6 is 0 Å². The average molecular weight is 406 g/mol. The molecule has 8 heteroatoms. The standard InChI is InChI=1S/C22H26N6O2/c1-14-10-28(11-15(2)30-14)22-25-20-13-27(8-5-17(20)21(29)26-22)12-16-3-4-18-19(9-16)24-7-6-23-18/h3-4,6-7,9,14-15H,5,8,10-13H2,1-2H3,(H,25,26,29)/t14-,15+. The molecule has 0 amide bonds. The Morgan fingerprint density at radius 3 is 2.70 bits per heavy atom. The van der Waals surface area contributed by atoms with Gasteiger partial charge in [-0.05, 0) is 38.0 Å². The largest absolute Gasteiger partial charge is 0.372 e. The third-order valence-corrected chi connectivity index (χ3v) is 5.80. The third-order valence-electron chi connectivity index (χ3n) is 5.80. The minimum absolute atomic E-state index is 0.0116. The number of nitrogens with zero attached hydrogens (tertiary/aromatic N) is 5. The lowest BCUT2D eigenvalue weighted by atomic mass is 10.1. The first kappa shape index (κ1) is 19.1. The molecule has 3 aromatic rings. The van der Waals surface area contributed by atoms with Gasteiger partial charge in [0.15, 0.2) is 0 Å². The molecule has 1 fully saturated rings. The lowest BCUT2D eigenvalue weighted by Gasteiger charge is -2.36. The Morgan fingerprint density at radius 2 is 1.90 bits per heavy atom. The number of hydrogen-bond donors (Lipinski definition) is 1. The Kier molecular flexibility index (Phi) is 4.96. The first-order valence-electron chi connectivity index (χ1n) is 10.5. The summed E-state index contributed by atoms with van der Waals surface area (Å²) in [6.07, 6.45) is 4.36. The Labute approximate surface area is 174 Å². The summed E-state index contributed by atoms with van der Waals surface area (Å²) in [6.45, 7) is 7.86. The maximum absolute atomic E-state index is 12.7. The lowest BCUT2D eigenvalue weighted by Crippen LogP contribution is -2.47. The maximum Gasteiger partial charge on any atom is 0.255 e. The van der Waals surface area contributed by atoms with Gasteiger partial charge in [0.25, 0.3) is 5.56 Å². The summed E-state index contributed by atoms with van der Waals surface area (Å²) in [4.78, 5) is 33.8. The number of ether oxygens (including phenoxy) is 1. The number of aromatic nitrogens is 4. The van der Waals surface area contributed by atoms with Crippen molar-refractivity contribution in [2.75, 3.05) is 24.5 Å². The number of morpholine rings is 1. The zero-order valence-electron chi connectivity index (χ0n) is 17.3. The number of anilines is 1. The van der Waals surface area contributed by atoms with E-state index in [9.17, 15) is 4.79 Å². The maximum atomic E-state index is 12.7. The lowest BCUT2D eigenvalue weighted by molar-refractivity contribution is -0.00576. The molecule has 8 nitrogen and oxygen atoms in total. The van der Waals surface area contributed by atoms with Crippen LogP contribution in [-0.4, -0.2) is 56.7 Å². The second-order valence-electron chi connectivity index (χ2n) is 8.32. The molecule has 0 saturated carbocycles. The molecule has 1 N–H and O–H groups in total. The molecule has 1 saturated heterocycles. The fourth-order valence-electron chi connectivity index (χ4n) is 4.48. The molecule has 0 bridgehead atoms. The van der Waals surface area contributed by atoms with Crippen LogP contribution in [0.1, 0.15) is 30.7 Å². The first-order chi connectivity index (χ1) is 14.5. The van der Waals surface area contributed by atoms with Gasteiger partial charge in [0.05, 0.1) is 28.9 Å². The van der Waals surface area contributed by atoms with E-state index in [-0.39, 0.29) is 17.8 Å². The number of hydrogen-bond acceptors (Lipinski definition) is 7. The second-order valence-corrected chi connectivity index (χ2v) is 8.32. The summed E-state index contributed by atoms with van der Waals surface area (Å²) in [6, 6.07) is 6.20. The molecule has 1 aromatic carbocycles. The van der Waals surface area contributed by atoms with E-state index in [1.54, 1.807) is 12.4 Å². The molecule has 0 aliphatic carbocycles. The summed E-state index contributed by atoms with van der Waals surface area (Å²) >= 11 is 0. The van der Waals surface area contributed by atoms with E-state index >= 15 is 0 Å². The Balaban J connectivity index is 1.37. The topological polar surface area (TPSA) is 87.2 Å². The van der Waals surface area contributed by atoms with Crippen LogP contribution in [0.3, 0.4) is 0 Å². The van der Waals surface area contributed by atoms with E-state index in [1.807, 2.05) is 6.07 Å². The number of nitrogens with one attached hydrogen (secondary N) is 1. The van der Waals surface area contributed by atoms with E-state index in [4.69, 9.17) is 9.72 Å². The number of benzene rings is 1. The minimum atomic E-state index is -0.0116. The van der Waals surface area contributed by atoms with Gasteiger partial charge in [-0.3, -0.25) is 24.6 Å². The summed E-state index contributed by atoms with van der Waals surface area (Å²) in [7, 11) is 0. The van der Waals surface area contributed by atoms with Crippen LogP contribution in [-0.2, 0) is 24.2 Å². The van der Waals surface area contributed by atoms with Gasteiger partial charge in [0.2, 0.25) is 5.95 Å². The summed E-state index contributed by atoms with van der Waals surface area (Å²) in [5.41, 5.74) is 4.67. The quantitative estimate of drug-likeness (QED) is 0.711. The highest BCUT2D eigenvalue weighted by Gasteiger charge is 2.27. The van der Waals surface area contributed by atoms with Crippen molar-refractivity contribution in [2.45, 2.75) is 45.6 Å². The molecule has 2 atom stereocenters. The Bertz CT molecular complexity index is 1120. The molecule has 0 radical (unpaired) electrons. The Hall–Kier alpha value is -2.84. The van der Waals surface area contributed by atoms with E-state index in [2.05, 4.69) is 50.7 Å². The van der Waals surface area contributed by atoms with Gasteiger partial charge < -0.3 is 9.64 Å². The number of fused-ring (bicyclic) bond motifs is 2. The smallest absolute Gasteiger partial charge is 0.255 e. The van der Waals surface area contributed by atoms with Crippen molar-refractivity contribution in [1.29, 1.82) is 0 Å². The molecule has 30 heavy (non-hydrogen) atoms. The van der Waals surface area contributed by atoms with E-state index in [1.165, 1.54) is 5.56 Å². The van der Waals surface area contributed by atoms with Crippen molar-refractivity contribution < 1.29 is 4.74 Å². The van der Waals surface area contributed by atoms with Gasteiger partial charge in [-0.15, -0.1) is 0 Å². The summed E-state index contributed by atoms with van der Waals surface area (Å²) in [5.74, 6) is 0.656. The predicted octanol–water partition coefficient (Wildman–Crippen LogP) is 1.88. The highest BCUT2D eigenvalue weighted by Crippen LogP contribution is 2.21. The molecule has 2 aliphatic heterocycles. The normalized spacial score (nSPS) is 22.3. The van der Waals surface area contributed by atoms with Crippen molar-refractivity contribution in [3.05, 3.63) is 57.8 Å². The number of rotatable bonds is 3. The van der Waals surface area contributed by atoms with Crippen molar-refractivity contribution in [2.24, 2.45) is 0 Å². The van der Waals surface area contributed by atoms with Gasteiger partial charge in [-0.25, -0.2) is 4.98 Å². The van der Waals surface area contributed by atoms with Crippen molar-refractivity contribution in [3.8, 4) is 0 Å². The highest BCUT2D eigenvalue weighted by molar-refractivity contribution is 5.74.